The van der Waals surface area contributed by atoms with E-state index in [1.54, 1.807) is 12.1 Å². The Bertz CT molecular complexity index is 380. The lowest BCUT2D eigenvalue weighted by atomic mass is 10.1. The Balaban J connectivity index is 2.20. The van der Waals surface area contributed by atoms with Gasteiger partial charge in [-0.3, -0.25) is 4.79 Å². The van der Waals surface area contributed by atoms with Crippen molar-refractivity contribution in [2.24, 2.45) is 0 Å². The van der Waals surface area contributed by atoms with Gasteiger partial charge in [0.2, 0.25) is 5.91 Å². The van der Waals surface area contributed by atoms with Crippen LogP contribution in [0.3, 0.4) is 0 Å². The van der Waals surface area contributed by atoms with E-state index in [1.165, 1.54) is 12.1 Å². The Kier molecular flexibility index (Phi) is 7.03. The van der Waals surface area contributed by atoms with E-state index in [0.29, 0.717) is 26.1 Å². The van der Waals surface area contributed by atoms with Gasteiger partial charge in [0, 0.05) is 31.6 Å². The van der Waals surface area contributed by atoms with Crippen LogP contribution in [0.4, 0.5) is 8.78 Å². The van der Waals surface area contributed by atoms with Gasteiger partial charge >= 0.3 is 0 Å². The maximum absolute atomic E-state index is 12.3. The molecule has 1 aromatic carbocycles. The molecule has 0 atom stereocenters. The summed E-state index contributed by atoms with van der Waals surface area (Å²) < 4.78 is 24.7. The quantitative estimate of drug-likeness (QED) is 0.713. The number of hydrogen-bond acceptors (Lipinski definition) is 2. The Hall–Kier alpha value is -1.49. The van der Waals surface area contributed by atoms with Crippen LogP contribution in [0.5, 0.6) is 0 Å². The average Bonchev–Trinajstić information content (AvgIpc) is 2.41. The monoisotopic (exact) mass is 270 g/mol. The summed E-state index contributed by atoms with van der Waals surface area (Å²) in [7, 11) is 0. The second-order valence-corrected chi connectivity index (χ2v) is 4.32. The number of benzene rings is 1. The standard InChI is InChI=1S/C14H20F2N2O/c1-2-8-18-13(19)7-9-17-10-11-3-5-12(6-4-11)14(15)16/h3-6,14,17H,2,7-10H2,1H3,(H,18,19). The number of hydrogen-bond donors (Lipinski definition) is 2. The van der Waals surface area contributed by atoms with Crippen molar-refractivity contribution in [3.8, 4) is 0 Å². The third-order valence-corrected chi connectivity index (χ3v) is 2.66. The number of carbonyl (C=O) groups excluding carboxylic acids is 1. The van der Waals surface area contributed by atoms with Gasteiger partial charge in [-0.25, -0.2) is 8.78 Å². The van der Waals surface area contributed by atoms with Gasteiger partial charge in [0.1, 0.15) is 0 Å². The summed E-state index contributed by atoms with van der Waals surface area (Å²) in [5.74, 6) is 0.0300. The van der Waals surface area contributed by atoms with Crippen molar-refractivity contribution < 1.29 is 13.6 Å². The Morgan fingerprint density at radius 2 is 1.89 bits per heavy atom. The van der Waals surface area contributed by atoms with Crippen LogP contribution in [0.15, 0.2) is 24.3 Å². The first-order valence-electron chi connectivity index (χ1n) is 6.48. The summed E-state index contributed by atoms with van der Waals surface area (Å²) in [4.78, 5) is 11.3. The van der Waals surface area contributed by atoms with Crippen LogP contribution >= 0.6 is 0 Å². The smallest absolute Gasteiger partial charge is 0.263 e. The van der Waals surface area contributed by atoms with Crippen LogP contribution in [-0.2, 0) is 11.3 Å². The fraction of sp³-hybridized carbons (Fsp3) is 0.500. The van der Waals surface area contributed by atoms with Crippen LogP contribution in [0.2, 0.25) is 0 Å². The molecule has 106 valence electrons. The molecule has 0 saturated carbocycles. The van der Waals surface area contributed by atoms with Gasteiger partial charge in [-0.2, -0.15) is 0 Å². The highest BCUT2D eigenvalue weighted by Gasteiger charge is 2.05. The van der Waals surface area contributed by atoms with Crippen molar-refractivity contribution in [3.63, 3.8) is 0 Å². The molecule has 0 radical (unpaired) electrons. The van der Waals surface area contributed by atoms with Crippen molar-refractivity contribution in [1.29, 1.82) is 0 Å². The highest BCUT2D eigenvalue weighted by molar-refractivity contribution is 5.75. The fourth-order valence-electron chi connectivity index (χ4n) is 1.57. The average molecular weight is 270 g/mol. The molecule has 0 spiro atoms. The third kappa shape index (κ3) is 6.29. The predicted molar refractivity (Wildman–Crippen MR) is 71.0 cm³/mol. The summed E-state index contributed by atoms with van der Waals surface area (Å²) in [6.07, 6.45) is -1.07. The largest absolute Gasteiger partial charge is 0.356 e. The van der Waals surface area contributed by atoms with Gasteiger partial charge in [0.25, 0.3) is 6.43 Å². The van der Waals surface area contributed by atoms with Crippen LogP contribution < -0.4 is 10.6 Å². The van der Waals surface area contributed by atoms with Crippen LogP contribution in [-0.4, -0.2) is 19.0 Å². The molecule has 0 heterocycles. The molecule has 1 aromatic rings. The first-order valence-corrected chi connectivity index (χ1v) is 6.48. The number of rotatable bonds is 8. The predicted octanol–water partition coefficient (Wildman–Crippen LogP) is 2.63. The number of halogens is 2. The van der Waals surface area contributed by atoms with E-state index in [2.05, 4.69) is 10.6 Å². The Morgan fingerprint density at radius 3 is 2.47 bits per heavy atom. The van der Waals surface area contributed by atoms with Crippen molar-refractivity contribution in [3.05, 3.63) is 35.4 Å². The highest BCUT2D eigenvalue weighted by atomic mass is 19.3. The minimum atomic E-state index is -2.43. The summed E-state index contributed by atoms with van der Waals surface area (Å²) in [6, 6.07) is 6.20. The SMILES string of the molecule is CCCNC(=O)CCNCc1ccc(C(F)F)cc1. The summed E-state index contributed by atoms with van der Waals surface area (Å²) in [6.45, 7) is 3.85. The molecule has 19 heavy (non-hydrogen) atoms. The molecule has 1 amide bonds. The molecule has 0 fully saturated rings. The first kappa shape index (κ1) is 15.6. The molecule has 5 heteroatoms. The maximum atomic E-state index is 12.3. The van der Waals surface area contributed by atoms with Gasteiger partial charge < -0.3 is 10.6 Å². The van der Waals surface area contributed by atoms with E-state index in [9.17, 15) is 13.6 Å². The van der Waals surface area contributed by atoms with E-state index in [1.807, 2.05) is 6.92 Å². The second-order valence-electron chi connectivity index (χ2n) is 4.32. The molecule has 0 saturated heterocycles. The fourth-order valence-corrected chi connectivity index (χ4v) is 1.57. The normalized spacial score (nSPS) is 10.7. The minimum Gasteiger partial charge on any atom is -0.356 e. The first-order chi connectivity index (χ1) is 9.13. The van der Waals surface area contributed by atoms with Gasteiger partial charge in [0.15, 0.2) is 0 Å². The highest BCUT2D eigenvalue weighted by Crippen LogP contribution is 2.18. The number of carbonyl (C=O) groups is 1. The topological polar surface area (TPSA) is 41.1 Å². The molecule has 1 rings (SSSR count). The van der Waals surface area contributed by atoms with E-state index < -0.39 is 6.43 Å². The third-order valence-electron chi connectivity index (χ3n) is 2.66. The summed E-state index contributed by atoms with van der Waals surface area (Å²) in [5, 5.41) is 5.90. The number of alkyl halides is 2. The van der Waals surface area contributed by atoms with Crippen LogP contribution in [0, 0.1) is 0 Å². The molecule has 0 aliphatic heterocycles. The molecule has 0 bridgehead atoms. The summed E-state index contributed by atoms with van der Waals surface area (Å²) >= 11 is 0. The lowest BCUT2D eigenvalue weighted by Crippen LogP contribution is -2.28. The Morgan fingerprint density at radius 1 is 1.21 bits per heavy atom. The molecule has 2 N–H and O–H groups in total. The van der Waals surface area contributed by atoms with E-state index in [0.717, 1.165) is 12.0 Å². The Labute approximate surface area is 112 Å². The zero-order valence-corrected chi connectivity index (χ0v) is 11.1. The van der Waals surface area contributed by atoms with Gasteiger partial charge in [-0.1, -0.05) is 31.2 Å². The molecule has 0 unspecified atom stereocenters. The van der Waals surface area contributed by atoms with Gasteiger partial charge in [0.05, 0.1) is 0 Å². The van der Waals surface area contributed by atoms with E-state index in [4.69, 9.17) is 0 Å². The van der Waals surface area contributed by atoms with Gasteiger partial charge in [-0.05, 0) is 12.0 Å². The molecular formula is C14H20F2N2O. The van der Waals surface area contributed by atoms with Crippen LogP contribution in [0.1, 0.15) is 37.3 Å². The van der Waals surface area contributed by atoms with Crippen LogP contribution in [0.25, 0.3) is 0 Å². The van der Waals surface area contributed by atoms with Crippen molar-refractivity contribution in [1.82, 2.24) is 10.6 Å². The molecule has 0 aliphatic carbocycles. The zero-order chi connectivity index (χ0) is 14.1. The number of nitrogens with one attached hydrogen (secondary N) is 2. The minimum absolute atomic E-state index is 0.0300. The molecular weight excluding hydrogens is 250 g/mol. The number of amides is 1. The van der Waals surface area contributed by atoms with Crippen molar-refractivity contribution >= 4 is 5.91 Å². The molecule has 0 aromatic heterocycles. The molecule has 3 nitrogen and oxygen atoms in total. The second kappa shape index (κ2) is 8.58. The molecule has 0 aliphatic rings. The zero-order valence-electron chi connectivity index (χ0n) is 11.1. The van der Waals surface area contributed by atoms with Gasteiger partial charge in [-0.15, -0.1) is 0 Å². The van der Waals surface area contributed by atoms with Crippen molar-refractivity contribution in [2.75, 3.05) is 13.1 Å². The van der Waals surface area contributed by atoms with E-state index >= 15 is 0 Å². The van der Waals surface area contributed by atoms with E-state index in [-0.39, 0.29) is 11.5 Å². The summed E-state index contributed by atoms with van der Waals surface area (Å²) in [5.41, 5.74) is 0.959. The maximum Gasteiger partial charge on any atom is 0.263 e. The van der Waals surface area contributed by atoms with Crippen molar-refractivity contribution in [2.45, 2.75) is 32.7 Å². The lowest BCUT2D eigenvalue weighted by Gasteiger charge is -2.06. The lowest BCUT2D eigenvalue weighted by molar-refractivity contribution is -0.120.